The first kappa shape index (κ1) is 16.9. The van der Waals surface area contributed by atoms with E-state index in [2.05, 4.69) is 36.6 Å². The Morgan fingerprint density at radius 1 is 1.18 bits per heavy atom. The van der Waals surface area contributed by atoms with Gasteiger partial charge in [-0.15, -0.1) is 11.8 Å². The predicted octanol–water partition coefficient (Wildman–Crippen LogP) is 3.55. The molecule has 0 aliphatic heterocycles. The van der Waals surface area contributed by atoms with E-state index in [1.165, 1.54) is 22.9 Å². The fourth-order valence-corrected chi connectivity index (χ4v) is 3.52. The van der Waals surface area contributed by atoms with Crippen LogP contribution in [0.25, 0.3) is 0 Å². The van der Waals surface area contributed by atoms with Crippen molar-refractivity contribution in [3.8, 4) is 0 Å². The maximum atomic E-state index is 12.1. The average molecular weight is 320 g/mol. The van der Waals surface area contributed by atoms with Crippen molar-refractivity contribution in [1.82, 2.24) is 10.6 Å². The van der Waals surface area contributed by atoms with Gasteiger partial charge < -0.3 is 5.32 Å². The number of hydrogen-bond donors (Lipinski definition) is 2. The fourth-order valence-electron chi connectivity index (χ4n) is 2.55. The molecular formula is C17H24N2O2S. The van der Waals surface area contributed by atoms with Crippen molar-refractivity contribution < 1.29 is 9.59 Å². The van der Waals surface area contributed by atoms with E-state index in [9.17, 15) is 9.59 Å². The van der Waals surface area contributed by atoms with E-state index < -0.39 is 0 Å². The quantitative estimate of drug-likeness (QED) is 0.834. The van der Waals surface area contributed by atoms with Gasteiger partial charge in [-0.3, -0.25) is 10.1 Å². The highest BCUT2D eigenvalue weighted by Gasteiger charge is 2.21. The van der Waals surface area contributed by atoms with Crippen LogP contribution in [0.2, 0.25) is 0 Å². The third kappa shape index (κ3) is 4.77. The van der Waals surface area contributed by atoms with Gasteiger partial charge in [-0.2, -0.15) is 0 Å². The molecule has 1 aliphatic carbocycles. The van der Waals surface area contributed by atoms with Gasteiger partial charge in [-0.1, -0.05) is 18.9 Å². The van der Waals surface area contributed by atoms with Gasteiger partial charge in [-0.25, -0.2) is 4.79 Å². The van der Waals surface area contributed by atoms with E-state index in [1.807, 2.05) is 13.0 Å². The molecule has 1 aromatic rings. The lowest BCUT2D eigenvalue weighted by molar-refractivity contribution is -0.119. The van der Waals surface area contributed by atoms with Gasteiger partial charge in [0, 0.05) is 10.9 Å². The zero-order chi connectivity index (χ0) is 16.1. The normalized spacial score (nSPS) is 16.3. The summed E-state index contributed by atoms with van der Waals surface area (Å²) in [5.74, 6) is -0.251. The molecule has 0 heterocycles. The number of amides is 3. The van der Waals surface area contributed by atoms with Crippen LogP contribution in [0.5, 0.6) is 0 Å². The molecule has 120 valence electrons. The Kier molecular flexibility index (Phi) is 5.89. The third-order valence-electron chi connectivity index (χ3n) is 4.09. The monoisotopic (exact) mass is 320 g/mol. The molecular weight excluding hydrogens is 296 g/mol. The molecule has 0 aromatic heterocycles. The Morgan fingerprint density at radius 2 is 1.86 bits per heavy atom. The summed E-state index contributed by atoms with van der Waals surface area (Å²) in [6.45, 7) is 5.94. The largest absolute Gasteiger partial charge is 0.335 e. The zero-order valence-corrected chi connectivity index (χ0v) is 14.3. The topological polar surface area (TPSA) is 58.2 Å². The summed E-state index contributed by atoms with van der Waals surface area (Å²) in [6, 6.07) is 5.98. The molecule has 4 nitrogen and oxygen atoms in total. The molecule has 0 saturated heterocycles. The highest BCUT2D eigenvalue weighted by atomic mass is 32.2. The lowest BCUT2D eigenvalue weighted by Gasteiger charge is -2.15. The Hall–Kier alpha value is -1.49. The van der Waals surface area contributed by atoms with E-state index in [4.69, 9.17) is 0 Å². The Labute approximate surface area is 136 Å². The molecule has 0 unspecified atom stereocenters. The molecule has 1 saturated carbocycles. The molecule has 1 aliphatic rings. The summed E-state index contributed by atoms with van der Waals surface area (Å²) in [5.41, 5.74) is 2.44. The fraction of sp³-hybridized carbons (Fsp3) is 0.529. The molecule has 1 aromatic carbocycles. The van der Waals surface area contributed by atoms with E-state index in [-0.39, 0.29) is 23.2 Å². The van der Waals surface area contributed by atoms with Gasteiger partial charge in [0.1, 0.15) is 0 Å². The predicted molar refractivity (Wildman–Crippen MR) is 90.2 cm³/mol. The van der Waals surface area contributed by atoms with Crippen molar-refractivity contribution in [1.29, 1.82) is 0 Å². The third-order valence-corrected chi connectivity index (χ3v) is 5.18. The van der Waals surface area contributed by atoms with Crippen molar-refractivity contribution in [2.75, 3.05) is 0 Å². The smallest absolute Gasteiger partial charge is 0.321 e. The summed E-state index contributed by atoms with van der Waals surface area (Å²) in [7, 11) is 0. The van der Waals surface area contributed by atoms with Crippen LogP contribution in [0, 0.1) is 13.8 Å². The number of aryl methyl sites for hydroxylation is 2. The van der Waals surface area contributed by atoms with Gasteiger partial charge in [0.2, 0.25) is 5.91 Å². The maximum Gasteiger partial charge on any atom is 0.321 e. The number of carbonyl (C=O) groups is 2. The van der Waals surface area contributed by atoms with Gasteiger partial charge in [0.25, 0.3) is 0 Å². The minimum Gasteiger partial charge on any atom is -0.335 e. The van der Waals surface area contributed by atoms with E-state index in [0.717, 1.165) is 30.6 Å². The number of rotatable bonds is 4. The van der Waals surface area contributed by atoms with Gasteiger partial charge in [-0.05, 0) is 56.9 Å². The van der Waals surface area contributed by atoms with Crippen molar-refractivity contribution >= 4 is 23.7 Å². The molecule has 2 N–H and O–H groups in total. The standard InChI is InChI=1S/C17H24N2O2S/c1-11-8-9-15(10-12(11)2)22-13(3)16(20)19-17(21)18-14-6-4-5-7-14/h8-10,13-14H,4-7H2,1-3H3,(H2,18,19,20,21)/t13-/m1/s1. The second-order valence-corrected chi connectivity index (χ2v) is 7.36. The van der Waals surface area contributed by atoms with Crippen molar-refractivity contribution in [3.63, 3.8) is 0 Å². The first-order valence-corrected chi connectivity index (χ1v) is 8.69. The lowest BCUT2D eigenvalue weighted by atomic mass is 10.1. The first-order valence-electron chi connectivity index (χ1n) is 7.81. The van der Waals surface area contributed by atoms with Crippen molar-refractivity contribution in [2.24, 2.45) is 0 Å². The summed E-state index contributed by atoms with van der Waals surface area (Å²) >= 11 is 1.47. The SMILES string of the molecule is Cc1ccc(S[C@H](C)C(=O)NC(=O)NC2CCCC2)cc1C. The summed E-state index contributed by atoms with van der Waals surface area (Å²) in [4.78, 5) is 24.9. The highest BCUT2D eigenvalue weighted by Crippen LogP contribution is 2.25. The number of benzene rings is 1. The van der Waals surface area contributed by atoms with Crippen LogP contribution in [-0.4, -0.2) is 23.2 Å². The molecule has 1 atom stereocenters. The van der Waals surface area contributed by atoms with Gasteiger partial charge >= 0.3 is 6.03 Å². The zero-order valence-electron chi connectivity index (χ0n) is 13.4. The Morgan fingerprint density at radius 3 is 2.50 bits per heavy atom. The van der Waals surface area contributed by atoms with Crippen LogP contribution in [0.4, 0.5) is 4.79 Å². The average Bonchev–Trinajstić information content (AvgIpc) is 2.95. The van der Waals surface area contributed by atoms with E-state index in [0.29, 0.717) is 0 Å². The van der Waals surface area contributed by atoms with E-state index in [1.54, 1.807) is 0 Å². The molecule has 0 spiro atoms. The summed E-state index contributed by atoms with van der Waals surface area (Å²) < 4.78 is 0. The van der Waals surface area contributed by atoms with Crippen LogP contribution in [-0.2, 0) is 4.79 Å². The second kappa shape index (κ2) is 7.68. The summed E-state index contributed by atoms with van der Waals surface area (Å²) in [6.07, 6.45) is 4.32. The maximum absolute atomic E-state index is 12.1. The van der Waals surface area contributed by atoms with Gasteiger partial charge in [0.15, 0.2) is 0 Å². The number of carbonyl (C=O) groups excluding carboxylic acids is 2. The molecule has 22 heavy (non-hydrogen) atoms. The minimum atomic E-state index is -0.371. The molecule has 0 radical (unpaired) electrons. The minimum absolute atomic E-state index is 0.218. The highest BCUT2D eigenvalue weighted by molar-refractivity contribution is 8.00. The molecule has 1 fully saturated rings. The van der Waals surface area contributed by atoms with Gasteiger partial charge in [0.05, 0.1) is 5.25 Å². The summed E-state index contributed by atoms with van der Waals surface area (Å²) in [5, 5.41) is 5.00. The number of nitrogens with one attached hydrogen (secondary N) is 2. The van der Waals surface area contributed by atoms with Crippen molar-refractivity contribution in [2.45, 2.75) is 62.6 Å². The van der Waals surface area contributed by atoms with Crippen LogP contribution in [0.15, 0.2) is 23.1 Å². The Balaban J connectivity index is 1.83. The number of hydrogen-bond acceptors (Lipinski definition) is 3. The lowest BCUT2D eigenvalue weighted by Crippen LogP contribution is -2.45. The first-order chi connectivity index (χ1) is 10.5. The van der Waals surface area contributed by atoms with Crippen LogP contribution >= 0.6 is 11.8 Å². The number of imide groups is 1. The van der Waals surface area contributed by atoms with Crippen molar-refractivity contribution in [3.05, 3.63) is 29.3 Å². The molecule has 5 heteroatoms. The number of thioether (sulfide) groups is 1. The number of urea groups is 1. The molecule has 0 bridgehead atoms. The molecule has 2 rings (SSSR count). The van der Waals surface area contributed by atoms with Crippen LogP contribution in [0.1, 0.15) is 43.7 Å². The Bertz CT molecular complexity index is 554. The van der Waals surface area contributed by atoms with E-state index >= 15 is 0 Å². The molecule has 3 amide bonds. The van der Waals surface area contributed by atoms with Crippen LogP contribution < -0.4 is 10.6 Å². The second-order valence-electron chi connectivity index (χ2n) is 5.95. The van der Waals surface area contributed by atoms with Crippen LogP contribution in [0.3, 0.4) is 0 Å².